The second kappa shape index (κ2) is 6.24. The molecule has 0 aromatic heterocycles. The largest absolute Gasteiger partial charge is 0.490 e. The van der Waals surface area contributed by atoms with Gasteiger partial charge in [0, 0.05) is 19.5 Å². The molecule has 2 aliphatic rings. The summed E-state index contributed by atoms with van der Waals surface area (Å²) in [6.45, 7) is 7.61. The van der Waals surface area contributed by atoms with E-state index in [-0.39, 0.29) is 11.7 Å². The molecular weight excluding hydrogens is 266 g/mol. The van der Waals surface area contributed by atoms with Crippen LogP contribution in [0.2, 0.25) is 0 Å². The zero-order valence-corrected chi connectivity index (χ0v) is 13.0. The Labute approximate surface area is 126 Å². The third kappa shape index (κ3) is 3.01. The molecule has 0 radical (unpaired) electrons. The fraction of sp³-hybridized carbons (Fsp3) is 0.647. The number of benzene rings is 1. The molecule has 4 nitrogen and oxygen atoms in total. The van der Waals surface area contributed by atoms with Gasteiger partial charge in [-0.3, -0.25) is 0 Å². The Kier molecular flexibility index (Phi) is 4.36. The third-order valence-corrected chi connectivity index (χ3v) is 4.60. The Morgan fingerprint density at radius 3 is 2.67 bits per heavy atom. The minimum Gasteiger partial charge on any atom is -0.490 e. The highest BCUT2D eigenvalue weighted by atomic mass is 16.5. The highest BCUT2D eigenvalue weighted by Crippen LogP contribution is 2.36. The van der Waals surface area contributed by atoms with Crippen LogP contribution in [-0.4, -0.2) is 31.9 Å². The predicted molar refractivity (Wildman–Crippen MR) is 82.1 cm³/mol. The van der Waals surface area contributed by atoms with Gasteiger partial charge in [0.25, 0.3) is 0 Å². The molecule has 1 saturated heterocycles. The smallest absolute Gasteiger partial charge is 0.161 e. The van der Waals surface area contributed by atoms with Gasteiger partial charge >= 0.3 is 0 Å². The van der Waals surface area contributed by atoms with Crippen LogP contribution in [0.15, 0.2) is 18.2 Å². The van der Waals surface area contributed by atoms with Crippen LogP contribution in [0.1, 0.15) is 44.8 Å². The first kappa shape index (κ1) is 14.7. The minimum absolute atomic E-state index is 0.0485. The van der Waals surface area contributed by atoms with E-state index >= 15 is 0 Å². The van der Waals surface area contributed by atoms with E-state index < -0.39 is 0 Å². The van der Waals surface area contributed by atoms with Crippen LogP contribution in [0, 0.1) is 0 Å². The monoisotopic (exact) mass is 291 g/mol. The second-order valence-corrected chi connectivity index (χ2v) is 5.88. The molecule has 0 spiro atoms. The molecule has 2 aliphatic heterocycles. The first-order valence-electron chi connectivity index (χ1n) is 8.04. The third-order valence-electron chi connectivity index (χ3n) is 4.60. The van der Waals surface area contributed by atoms with Crippen LogP contribution in [0.3, 0.4) is 0 Å². The van der Waals surface area contributed by atoms with Gasteiger partial charge in [0.2, 0.25) is 0 Å². The summed E-state index contributed by atoms with van der Waals surface area (Å²) in [5.74, 6) is 1.69. The van der Waals surface area contributed by atoms with Crippen LogP contribution < -0.4 is 14.8 Å². The van der Waals surface area contributed by atoms with Crippen LogP contribution in [0.4, 0.5) is 0 Å². The van der Waals surface area contributed by atoms with Gasteiger partial charge in [-0.25, -0.2) is 0 Å². The second-order valence-electron chi connectivity index (χ2n) is 5.88. The molecule has 2 heterocycles. The summed E-state index contributed by atoms with van der Waals surface area (Å²) < 4.78 is 17.9. The normalized spacial score (nSPS) is 24.4. The molecule has 0 bridgehead atoms. The van der Waals surface area contributed by atoms with Crippen molar-refractivity contribution in [2.45, 2.75) is 44.8 Å². The van der Waals surface area contributed by atoms with E-state index in [9.17, 15) is 0 Å². The van der Waals surface area contributed by atoms with Crippen molar-refractivity contribution in [3.05, 3.63) is 23.8 Å². The lowest BCUT2D eigenvalue weighted by Crippen LogP contribution is -2.50. The molecule has 4 heteroatoms. The standard InChI is InChI=1S/C17H25NO3/c1-3-17(4-2)12-18-11-16(21-17)13-6-7-14-15(10-13)20-9-5-8-19-14/h6-7,10,16,18H,3-5,8-9,11-12H2,1-2H3. The van der Waals surface area contributed by atoms with Crippen molar-refractivity contribution < 1.29 is 14.2 Å². The van der Waals surface area contributed by atoms with Crippen molar-refractivity contribution in [3.63, 3.8) is 0 Å². The number of rotatable bonds is 3. The number of hydrogen-bond acceptors (Lipinski definition) is 4. The molecular formula is C17H25NO3. The maximum absolute atomic E-state index is 6.42. The van der Waals surface area contributed by atoms with E-state index in [0.29, 0.717) is 6.61 Å². The molecule has 3 rings (SSSR count). The number of nitrogens with one attached hydrogen (secondary N) is 1. The van der Waals surface area contributed by atoms with Crippen molar-refractivity contribution in [2.75, 3.05) is 26.3 Å². The number of morpholine rings is 1. The summed E-state index contributed by atoms with van der Waals surface area (Å²) in [6, 6.07) is 6.18. The van der Waals surface area contributed by atoms with Crippen LogP contribution in [0.5, 0.6) is 11.5 Å². The van der Waals surface area contributed by atoms with E-state index in [0.717, 1.165) is 56.0 Å². The molecule has 0 saturated carbocycles. The number of fused-ring (bicyclic) bond motifs is 1. The van der Waals surface area contributed by atoms with Crippen LogP contribution in [-0.2, 0) is 4.74 Å². The number of ether oxygens (including phenoxy) is 3. The quantitative estimate of drug-likeness (QED) is 0.929. The molecule has 1 fully saturated rings. The van der Waals surface area contributed by atoms with Crippen LogP contribution in [0.25, 0.3) is 0 Å². The fourth-order valence-corrected chi connectivity index (χ4v) is 3.05. The summed E-state index contributed by atoms with van der Waals surface area (Å²) in [5.41, 5.74) is 1.12. The Bertz CT molecular complexity index is 485. The molecule has 1 N–H and O–H groups in total. The summed E-state index contributed by atoms with van der Waals surface area (Å²) in [5, 5.41) is 3.52. The minimum atomic E-state index is -0.0485. The van der Waals surface area contributed by atoms with E-state index in [4.69, 9.17) is 14.2 Å². The van der Waals surface area contributed by atoms with E-state index in [1.165, 1.54) is 0 Å². The van der Waals surface area contributed by atoms with Crippen molar-refractivity contribution >= 4 is 0 Å². The fourth-order valence-electron chi connectivity index (χ4n) is 3.05. The van der Waals surface area contributed by atoms with Gasteiger partial charge in [0.1, 0.15) is 0 Å². The number of hydrogen-bond donors (Lipinski definition) is 1. The zero-order valence-electron chi connectivity index (χ0n) is 13.0. The van der Waals surface area contributed by atoms with Gasteiger partial charge in [-0.05, 0) is 30.5 Å². The molecule has 1 atom stereocenters. The molecule has 21 heavy (non-hydrogen) atoms. The summed E-state index contributed by atoms with van der Waals surface area (Å²) in [7, 11) is 0. The molecule has 0 aliphatic carbocycles. The lowest BCUT2D eigenvalue weighted by atomic mass is 9.93. The topological polar surface area (TPSA) is 39.7 Å². The Hall–Kier alpha value is -1.26. The Morgan fingerprint density at radius 2 is 1.90 bits per heavy atom. The average Bonchev–Trinajstić information content (AvgIpc) is 2.79. The Morgan fingerprint density at radius 1 is 1.14 bits per heavy atom. The zero-order chi connectivity index (χ0) is 14.7. The van der Waals surface area contributed by atoms with Gasteiger partial charge in [-0.1, -0.05) is 19.9 Å². The average molecular weight is 291 g/mol. The summed E-state index contributed by atoms with van der Waals surface area (Å²) in [6.07, 6.45) is 3.06. The van der Waals surface area contributed by atoms with Crippen LogP contribution >= 0.6 is 0 Å². The maximum atomic E-state index is 6.42. The van der Waals surface area contributed by atoms with E-state index in [1.54, 1.807) is 0 Å². The lowest BCUT2D eigenvalue weighted by Gasteiger charge is -2.41. The van der Waals surface area contributed by atoms with Crippen molar-refractivity contribution in [1.82, 2.24) is 5.32 Å². The Balaban J connectivity index is 1.81. The van der Waals surface area contributed by atoms with Crippen molar-refractivity contribution in [3.8, 4) is 11.5 Å². The van der Waals surface area contributed by atoms with Gasteiger partial charge in [-0.2, -0.15) is 0 Å². The molecule has 1 unspecified atom stereocenters. The highest BCUT2D eigenvalue weighted by Gasteiger charge is 2.35. The predicted octanol–water partition coefficient (Wildman–Crippen LogP) is 3.07. The van der Waals surface area contributed by atoms with Gasteiger partial charge < -0.3 is 19.5 Å². The van der Waals surface area contributed by atoms with Crippen molar-refractivity contribution in [2.24, 2.45) is 0 Å². The molecule has 116 valence electrons. The lowest BCUT2D eigenvalue weighted by molar-refractivity contribution is -0.122. The van der Waals surface area contributed by atoms with E-state index in [2.05, 4.69) is 31.3 Å². The molecule has 1 aromatic carbocycles. The van der Waals surface area contributed by atoms with Gasteiger partial charge in [0.05, 0.1) is 24.9 Å². The maximum Gasteiger partial charge on any atom is 0.161 e. The summed E-state index contributed by atoms with van der Waals surface area (Å²) >= 11 is 0. The SMILES string of the molecule is CCC1(CC)CNCC(c2ccc3c(c2)OCCCO3)O1. The first-order chi connectivity index (χ1) is 10.3. The van der Waals surface area contributed by atoms with E-state index in [1.807, 2.05) is 6.07 Å². The van der Waals surface area contributed by atoms with Gasteiger partial charge in [0.15, 0.2) is 11.5 Å². The first-order valence-corrected chi connectivity index (χ1v) is 8.04. The summed E-state index contributed by atoms with van der Waals surface area (Å²) in [4.78, 5) is 0. The molecule has 1 aromatic rings. The molecule has 0 amide bonds. The van der Waals surface area contributed by atoms with Gasteiger partial charge in [-0.15, -0.1) is 0 Å². The van der Waals surface area contributed by atoms with Crippen molar-refractivity contribution in [1.29, 1.82) is 0 Å². The highest BCUT2D eigenvalue weighted by molar-refractivity contribution is 5.44.